The van der Waals surface area contributed by atoms with E-state index in [-0.39, 0.29) is 31.0 Å². The van der Waals surface area contributed by atoms with Crippen molar-refractivity contribution < 1.29 is 9.18 Å². The molecular weight excluding hydrogens is 403 g/mol. The fraction of sp³-hybridized carbons (Fsp3) is 0.476. The third-order valence-electron chi connectivity index (χ3n) is 5.18. The molecule has 158 valence electrons. The van der Waals surface area contributed by atoms with Gasteiger partial charge in [-0.1, -0.05) is 25.2 Å². The predicted molar refractivity (Wildman–Crippen MR) is 115 cm³/mol. The van der Waals surface area contributed by atoms with Gasteiger partial charge >= 0.3 is 0 Å². The molecule has 30 heavy (non-hydrogen) atoms. The second kappa shape index (κ2) is 8.69. The van der Waals surface area contributed by atoms with E-state index in [0.717, 1.165) is 26.5 Å². The van der Waals surface area contributed by atoms with E-state index in [1.165, 1.54) is 11.3 Å². The van der Waals surface area contributed by atoms with Crippen molar-refractivity contribution in [3.05, 3.63) is 35.2 Å². The molecule has 3 aromatic rings. The standard InChI is InChI=1S/C21H25FN6OS/c1-12(2)25-18-4-5-28(11-17(18)22)20(29)8-16-6-14-7-19(21-27-26-13(3)30-21)24-10-15(14)9-23-16/h6-7,9-10,12,17-18,25H,4-5,8,11H2,1-3H3/t17-,18-/m0/s1. The lowest BCUT2D eigenvalue weighted by Crippen LogP contribution is -2.54. The third-order valence-corrected chi connectivity index (χ3v) is 6.04. The van der Waals surface area contributed by atoms with Crippen LogP contribution in [0.3, 0.4) is 0 Å². The maximum Gasteiger partial charge on any atom is 0.228 e. The molecule has 1 aliphatic heterocycles. The van der Waals surface area contributed by atoms with Gasteiger partial charge in [-0.05, 0) is 30.9 Å². The highest BCUT2D eigenvalue weighted by atomic mass is 32.1. The van der Waals surface area contributed by atoms with Crippen LogP contribution in [0.5, 0.6) is 0 Å². The number of aryl methyl sites for hydroxylation is 1. The Morgan fingerprint density at radius 2 is 2.07 bits per heavy atom. The summed E-state index contributed by atoms with van der Waals surface area (Å²) in [5.41, 5.74) is 1.41. The Balaban J connectivity index is 1.46. The maximum absolute atomic E-state index is 14.5. The number of nitrogens with zero attached hydrogens (tertiary/aromatic N) is 5. The molecule has 3 aromatic heterocycles. The zero-order valence-corrected chi connectivity index (χ0v) is 18.1. The molecule has 1 fully saturated rings. The number of amides is 1. The van der Waals surface area contributed by atoms with Crippen molar-refractivity contribution in [3.8, 4) is 10.7 Å². The maximum atomic E-state index is 14.5. The van der Waals surface area contributed by atoms with Crippen molar-refractivity contribution in [2.75, 3.05) is 13.1 Å². The number of hydrogen-bond donors (Lipinski definition) is 1. The molecule has 1 saturated heterocycles. The van der Waals surface area contributed by atoms with Gasteiger partial charge in [0.15, 0.2) is 5.01 Å². The number of rotatable bonds is 5. The van der Waals surface area contributed by atoms with Crippen molar-refractivity contribution in [2.45, 2.75) is 51.9 Å². The van der Waals surface area contributed by atoms with E-state index in [2.05, 4.69) is 25.5 Å². The minimum atomic E-state index is -1.06. The van der Waals surface area contributed by atoms with Crippen LogP contribution in [-0.4, -0.2) is 62.3 Å². The normalized spacial score (nSPS) is 19.6. The van der Waals surface area contributed by atoms with Gasteiger partial charge in [0.05, 0.1) is 18.7 Å². The number of halogens is 1. The van der Waals surface area contributed by atoms with Crippen molar-refractivity contribution in [1.29, 1.82) is 0 Å². The van der Waals surface area contributed by atoms with Gasteiger partial charge in [0.2, 0.25) is 5.91 Å². The Kier molecular flexibility index (Phi) is 6.01. The van der Waals surface area contributed by atoms with Gasteiger partial charge in [0, 0.05) is 36.4 Å². The Bertz CT molecular complexity index is 1050. The Labute approximate surface area is 178 Å². The van der Waals surface area contributed by atoms with E-state index in [0.29, 0.717) is 18.7 Å². The topological polar surface area (TPSA) is 83.9 Å². The summed E-state index contributed by atoms with van der Waals surface area (Å²) in [4.78, 5) is 23.2. The summed E-state index contributed by atoms with van der Waals surface area (Å²) in [6.07, 6.45) is 3.18. The van der Waals surface area contributed by atoms with E-state index >= 15 is 0 Å². The van der Waals surface area contributed by atoms with Crippen molar-refractivity contribution >= 4 is 28.0 Å². The molecule has 0 aliphatic carbocycles. The predicted octanol–water partition coefficient (Wildman–Crippen LogP) is 2.94. The summed E-state index contributed by atoms with van der Waals surface area (Å²) in [6, 6.07) is 3.86. The summed E-state index contributed by atoms with van der Waals surface area (Å²) >= 11 is 1.49. The summed E-state index contributed by atoms with van der Waals surface area (Å²) in [5.74, 6) is -0.0958. The fourth-order valence-corrected chi connectivity index (χ4v) is 4.37. The number of carbonyl (C=O) groups is 1. The minimum Gasteiger partial charge on any atom is -0.339 e. The minimum absolute atomic E-state index is 0.0958. The number of fused-ring (bicyclic) bond motifs is 1. The van der Waals surface area contributed by atoms with Crippen molar-refractivity contribution in [2.24, 2.45) is 0 Å². The number of piperidine rings is 1. The van der Waals surface area contributed by atoms with Crippen LogP contribution in [0.2, 0.25) is 0 Å². The number of alkyl halides is 1. The van der Waals surface area contributed by atoms with Gasteiger partial charge in [-0.25, -0.2) is 4.39 Å². The first-order chi connectivity index (χ1) is 14.4. The summed E-state index contributed by atoms with van der Waals surface area (Å²) in [6.45, 7) is 6.59. The second-order valence-corrected chi connectivity index (χ2v) is 9.15. The smallest absolute Gasteiger partial charge is 0.228 e. The number of likely N-dealkylation sites (tertiary alicyclic amines) is 1. The van der Waals surface area contributed by atoms with Crippen LogP contribution in [0.15, 0.2) is 24.5 Å². The zero-order valence-electron chi connectivity index (χ0n) is 17.3. The Morgan fingerprint density at radius 3 is 2.77 bits per heavy atom. The quantitative estimate of drug-likeness (QED) is 0.673. The lowest BCUT2D eigenvalue weighted by molar-refractivity contribution is -0.133. The van der Waals surface area contributed by atoms with E-state index in [9.17, 15) is 9.18 Å². The van der Waals surface area contributed by atoms with Crippen molar-refractivity contribution in [3.63, 3.8) is 0 Å². The average Bonchev–Trinajstić information content (AvgIpc) is 3.15. The molecule has 1 amide bonds. The van der Waals surface area contributed by atoms with E-state index in [1.54, 1.807) is 17.3 Å². The summed E-state index contributed by atoms with van der Waals surface area (Å²) in [7, 11) is 0. The molecule has 1 aliphatic rings. The monoisotopic (exact) mass is 428 g/mol. The lowest BCUT2D eigenvalue weighted by Gasteiger charge is -2.36. The van der Waals surface area contributed by atoms with Gasteiger partial charge in [-0.15, -0.1) is 10.2 Å². The third kappa shape index (κ3) is 4.62. The lowest BCUT2D eigenvalue weighted by atomic mass is 10.0. The second-order valence-electron chi connectivity index (χ2n) is 7.97. The molecule has 0 bridgehead atoms. The molecule has 0 aromatic carbocycles. The molecule has 0 radical (unpaired) electrons. The molecule has 4 heterocycles. The van der Waals surface area contributed by atoms with Gasteiger partial charge in [-0.3, -0.25) is 14.8 Å². The van der Waals surface area contributed by atoms with Crippen LogP contribution >= 0.6 is 11.3 Å². The first kappa shape index (κ1) is 20.7. The number of hydrogen-bond acceptors (Lipinski definition) is 7. The first-order valence-electron chi connectivity index (χ1n) is 10.1. The molecular formula is C21H25FN6OS. The highest BCUT2D eigenvalue weighted by Crippen LogP contribution is 2.25. The molecule has 0 saturated carbocycles. The zero-order chi connectivity index (χ0) is 21.3. The Morgan fingerprint density at radius 1 is 1.27 bits per heavy atom. The number of aromatic nitrogens is 4. The van der Waals surface area contributed by atoms with E-state index < -0.39 is 6.17 Å². The van der Waals surface area contributed by atoms with E-state index in [4.69, 9.17) is 0 Å². The largest absolute Gasteiger partial charge is 0.339 e. The van der Waals surface area contributed by atoms with Crippen LogP contribution in [0, 0.1) is 6.92 Å². The summed E-state index contributed by atoms with van der Waals surface area (Å²) < 4.78 is 14.5. The van der Waals surface area contributed by atoms with E-state index in [1.807, 2.05) is 32.9 Å². The number of pyridine rings is 2. The fourth-order valence-electron chi connectivity index (χ4n) is 3.71. The van der Waals surface area contributed by atoms with Crippen LogP contribution in [-0.2, 0) is 11.2 Å². The Hall–Kier alpha value is -2.52. The SMILES string of the molecule is Cc1nnc(-c2cc3cc(CC(=O)N4CC[C@H](NC(C)C)[C@@H](F)C4)ncc3cn2)s1. The molecule has 9 heteroatoms. The molecule has 7 nitrogen and oxygen atoms in total. The van der Waals surface area contributed by atoms with Crippen LogP contribution in [0.1, 0.15) is 31.0 Å². The number of nitrogens with one attached hydrogen (secondary N) is 1. The molecule has 1 N–H and O–H groups in total. The summed E-state index contributed by atoms with van der Waals surface area (Å²) in [5, 5.41) is 14.9. The first-order valence-corrected chi connectivity index (χ1v) is 10.9. The molecule has 0 unspecified atom stereocenters. The van der Waals surface area contributed by atoms with Crippen LogP contribution in [0.4, 0.5) is 4.39 Å². The highest BCUT2D eigenvalue weighted by molar-refractivity contribution is 7.14. The molecule has 4 rings (SSSR count). The number of carbonyl (C=O) groups excluding carboxylic acids is 1. The highest BCUT2D eigenvalue weighted by Gasteiger charge is 2.31. The van der Waals surface area contributed by atoms with Gasteiger partial charge < -0.3 is 10.2 Å². The van der Waals surface area contributed by atoms with Crippen LogP contribution < -0.4 is 5.32 Å². The molecule has 2 atom stereocenters. The van der Waals surface area contributed by atoms with Gasteiger partial charge in [-0.2, -0.15) is 0 Å². The van der Waals surface area contributed by atoms with Crippen molar-refractivity contribution in [1.82, 2.24) is 30.4 Å². The van der Waals surface area contributed by atoms with Gasteiger partial charge in [0.1, 0.15) is 16.9 Å². The molecule has 0 spiro atoms. The van der Waals surface area contributed by atoms with Gasteiger partial charge in [0.25, 0.3) is 0 Å². The average molecular weight is 429 g/mol. The van der Waals surface area contributed by atoms with Crippen LogP contribution in [0.25, 0.3) is 21.5 Å².